The predicted octanol–water partition coefficient (Wildman–Crippen LogP) is 7.77. The zero-order valence-corrected chi connectivity index (χ0v) is 23.3. The molecular weight excluding hydrogens is 509 g/mol. The van der Waals surface area contributed by atoms with Crippen molar-refractivity contribution in [3.05, 3.63) is 83.8 Å². The molecule has 7 heteroatoms. The van der Waals surface area contributed by atoms with Gasteiger partial charge in [-0.05, 0) is 73.4 Å². The van der Waals surface area contributed by atoms with Gasteiger partial charge in [0.05, 0.1) is 16.0 Å². The van der Waals surface area contributed by atoms with Gasteiger partial charge in [-0.3, -0.25) is 9.69 Å². The van der Waals surface area contributed by atoms with E-state index in [0.29, 0.717) is 5.92 Å². The number of thiophene rings is 1. The van der Waals surface area contributed by atoms with Gasteiger partial charge < -0.3 is 0 Å². The highest BCUT2D eigenvalue weighted by Gasteiger charge is 2.24. The van der Waals surface area contributed by atoms with Gasteiger partial charge in [0.25, 0.3) is 0 Å². The van der Waals surface area contributed by atoms with Gasteiger partial charge in [-0.2, -0.15) is 0 Å². The number of benzene rings is 2. The number of thioether (sulfide) groups is 1. The van der Waals surface area contributed by atoms with Crippen LogP contribution in [0.2, 0.25) is 0 Å². The highest BCUT2D eigenvalue weighted by atomic mass is 32.2. The molecule has 192 valence electrons. The second-order valence-corrected chi connectivity index (χ2v) is 12.1. The Morgan fingerprint density at radius 2 is 1.61 bits per heavy atom. The molecule has 5 nitrogen and oxygen atoms in total. The molecule has 6 rings (SSSR count). The number of pyridine rings is 1. The molecule has 0 saturated carbocycles. The normalized spacial score (nSPS) is 13.2. The van der Waals surface area contributed by atoms with E-state index in [1.54, 1.807) is 22.6 Å². The summed E-state index contributed by atoms with van der Waals surface area (Å²) in [6.07, 6.45) is 7.27. The molecule has 0 saturated heterocycles. The van der Waals surface area contributed by atoms with Crippen molar-refractivity contribution in [3.63, 3.8) is 0 Å². The summed E-state index contributed by atoms with van der Waals surface area (Å²) < 4.78 is 1.04. The number of carbonyl (C=O) groups is 1. The number of hydrogen-bond donors (Lipinski definition) is 0. The monoisotopic (exact) mass is 538 g/mol. The Morgan fingerprint density at radius 1 is 0.947 bits per heavy atom. The van der Waals surface area contributed by atoms with Gasteiger partial charge in [0.15, 0.2) is 0 Å². The maximum Gasteiger partial charge on any atom is 0.241 e. The Morgan fingerprint density at radius 3 is 2.26 bits per heavy atom. The Bertz CT molecular complexity index is 1560. The number of aromatic nitrogens is 3. The van der Waals surface area contributed by atoms with E-state index in [0.717, 1.165) is 50.7 Å². The smallest absolute Gasteiger partial charge is 0.241 e. The lowest BCUT2D eigenvalue weighted by molar-refractivity contribution is -0.115. The quantitative estimate of drug-likeness (QED) is 0.156. The number of fused-ring (bicyclic) bond motifs is 5. The zero-order chi connectivity index (χ0) is 26.1. The van der Waals surface area contributed by atoms with E-state index in [1.807, 2.05) is 60.7 Å². The molecule has 5 aromatic rings. The van der Waals surface area contributed by atoms with Crippen molar-refractivity contribution >= 4 is 60.8 Å². The van der Waals surface area contributed by atoms with Gasteiger partial charge in [-0.25, -0.2) is 15.0 Å². The number of nitrogens with zero attached hydrogens (tertiary/aromatic N) is 4. The third-order valence-electron chi connectivity index (χ3n) is 6.99. The number of para-hydroxylation sites is 2. The lowest BCUT2D eigenvalue weighted by Crippen LogP contribution is -2.27. The van der Waals surface area contributed by atoms with Gasteiger partial charge >= 0.3 is 0 Å². The third-order valence-corrected chi connectivity index (χ3v) is 9.17. The Labute approximate surface area is 231 Å². The van der Waals surface area contributed by atoms with Crippen molar-refractivity contribution < 1.29 is 4.79 Å². The van der Waals surface area contributed by atoms with Crippen molar-refractivity contribution in [1.29, 1.82) is 0 Å². The topological polar surface area (TPSA) is 59.0 Å². The van der Waals surface area contributed by atoms with Crippen LogP contribution >= 0.6 is 23.1 Å². The fourth-order valence-electron chi connectivity index (χ4n) is 5.36. The lowest BCUT2D eigenvalue weighted by Gasteiger charge is -2.23. The Hall–Kier alpha value is -3.29. The molecule has 0 unspecified atom stereocenters. The largest absolute Gasteiger partial charge is 0.280 e. The van der Waals surface area contributed by atoms with Crippen LogP contribution in [0, 0.1) is 5.92 Å². The van der Waals surface area contributed by atoms with Crippen molar-refractivity contribution in [3.8, 4) is 0 Å². The maximum absolute atomic E-state index is 13.6. The molecule has 3 aromatic heterocycles. The minimum Gasteiger partial charge on any atom is -0.280 e. The van der Waals surface area contributed by atoms with Gasteiger partial charge in [-0.1, -0.05) is 62.0 Å². The molecule has 0 fully saturated rings. The average molecular weight is 539 g/mol. The van der Waals surface area contributed by atoms with Crippen molar-refractivity contribution in [2.75, 3.05) is 10.7 Å². The number of hydrogen-bond acceptors (Lipinski definition) is 6. The van der Waals surface area contributed by atoms with E-state index in [9.17, 15) is 4.79 Å². The molecule has 0 radical (unpaired) electrons. The van der Waals surface area contributed by atoms with E-state index in [1.165, 1.54) is 46.8 Å². The lowest BCUT2D eigenvalue weighted by atomic mass is 9.87. The minimum atomic E-state index is 0.00926. The summed E-state index contributed by atoms with van der Waals surface area (Å²) in [7, 11) is 0. The summed E-state index contributed by atoms with van der Waals surface area (Å²) in [6, 6.07) is 19.6. The SMILES string of the molecule is CC(C)Cc1nc2sc3c(SCC(=O)N(c4ccccc4)c4ccccc4)ncnc3c2c2c1CCCC2. The molecule has 3 heterocycles. The third kappa shape index (κ3) is 4.81. The highest BCUT2D eigenvalue weighted by Crippen LogP contribution is 2.42. The summed E-state index contributed by atoms with van der Waals surface area (Å²) in [6.45, 7) is 4.52. The van der Waals surface area contributed by atoms with E-state index < -0.39 is 0 Å². The average Bonchev–Trinajstić information content (AvgIpc) is 3.32. The van der Waals surface area contributed by atoms with Crippen LogP contribution in [-0.4, -0.2) is 26.6 Å². The number of anilines is 2. The van der Waals surface area contributed by atoms with Crippen LogP contribution < -0.4 is 4.90 Å². The zero-order valence-electron chi connectivity index (χ0n) is 21.7. The van der Waals surface area contributed by atoms with Crippen LogP contribution in [0.1, 0.15) is 43.5 Å². The second kappa shape index (κ2) is 10.8. The first-order valence-corrected chi connectivity index (χ1v) is 15.0. The van der Waals surface area contributed by atoms with Gasteiger partial charge in [0.2, 0.25) is 5.91 Å². The fraction of sp³-hybridized carbons (Fsp3) is 0.290. The number of amides is 1. The molecule has 1 aliphatic carbocycles. The van der Waals surface area contributed by atoms with E-state index in [-0.39, 0.29) is 11.7 Å². The van der Waals surface area contributed by atoms with E-state index >= 15 is 0 Å². The molecule has 1 aliphatic rings. The first-order chi connectivity index (χ1) is 18.6. The first kappa shape index (κ1) is 25.0. The highest BCUT2D eigenvalue weighted by molar-refractivity contribution is 8.00. The number of carbonyl (C=O) groups excluding carboxylic acids is 1. The van der Waals surface area contributed by atoms with Crippen LogP contribution in [0.4, 0.5) is 11.4 Å². The summed E-state index contributed by atoms with van der Waals surface area (Å²) in [5, 5.41) is 2.06. The molecule has 38 heavy (non-hydrogen) atoms. The summed E-state index contributed by atoms with van der Waals surface area (Å²) in [5.74, 6) is 0.846. The van der Waals surface area contributed by atoms with Crippen LogP contribution in [-0.2, 0) is 24.1 Å². The molecule has 0 aliphatic heterocycles. The number of rotatable bonds is 7. The van der Waals surface area contributed by atoms with E-state index in [2.05, 4.69) is 18.8 Å². The maximum atomic E-state index is 13.6. The van der Waals surface area contributed by atoms with Crippen molar-refractivity contribution in [2.45, 2.75) is 51.0 Å². The van der Waals surface area contributed by atoms with Crippen molar-refractivity contribution in [1.82, 2.24) is 15.0 Å². The van der Waals surface area contributed by atoms with Crippen LogP contribution in [0.5, 0.6) is 0 Å². The summed E-state index contributed by atoms with van der Waals surface area (Å²) in [5.41, 5.74) is 6.84. The fourth-order valence-corrected chi connectivity index (χ4v) is 7.46. The van der Waals surface area contributed by atoms with E-state index in [4.69, 9.17) is 9.97 Å². The molecule has 0 bridgehead atoms. The molecular formula is C31H30N4OS2. The molecule has 2 aromatic carbocycles. The summed E-state index contributed by atoms with van der Waals surface area (Å²) in [4.78, 5) is 31.0. The van der Waals surface area contributed by atoms with Gasteiger partial charge in [-0.15, -0.1) is 11.3 Å². The standard InChI is InChI=1S/C31H30N4OS2/c1-20(2)17-25-23-15-9-10-16-24(23)27-28-29(38-30(27)34-25)31(33-19-32-28)37-18-26(36)35(21-11-5-3-6-12-21)22-13-7-4-8-14-22/h3-8,11-14,19-20H,9-10,15-18H2,1-2H3. The predicted molar refractivity (Wildman–Crippen MR) is 159 cm³/mol. The van der Waals surface area contributed by atoms with Crippen LogP contribution in [0.3, 0.4) is 0 Å². The van der Waals surface area contributed by atoms with Gasteiger partial charge in [0, 0.05) is 22.5 Å². The van der Waals surface area contributed by atoms with Crippen molar-refractivity contribution in [2.24, 2.45) is 5.92 Å². The molecule has 0 atom stereocenters. The minimum absolute atomic E-state index is 0.00926. The summed E-state index contributed by atoms with van der Waals surface area (Å²) >= 11 is 3.16. The Kier molecular flexibility index (Phi) is 7.13. The second-order valence-electron chi connectivity index (χ2n) is 10.1. The van der Waals surface area contributed by atoms with Crippen LogP contribution in [0.15, 0.2) is 72.0 Å². The molecule has 1 amide bonds. The molecule has 0 N–H and O–H groups in total. The van der Waals surface area contributed by atoms with Crippen LogP contribution in [0.25, 0.3) is 20.4 Å². The first-order valence-electron chi connectivity index (χ1n) is 13.2. The van der Waals surface area contributed by atoms with Gasteiger partial charge in [0.1, 0.15) is 16.2 Å². The Balaban J connectivity index is 1.36. The number of aryl methyl sites for hydroxylation is 1. The molecule has 0 spiro atoms.